The van der Waals surface area contributed by atoms with Crippen LogP contribution in [-0.4, -0.2) is 5.11 Å². The van der Waals surface area contributed by atoms with Gasteiger partial charge in [0.25, 0.3) is 0 Å². The Bertz CT molecular complexity index is 300. The van der Waals surface area contributed by atoms with E-state index in [1.807, 2.05) is 18.2 Å². The van der Waals surface area contributed by atoms with Crippen molar-refractivity contribution in [2.45, 2.75) is 18.4 Å². The van der Waals surface area contributed by atoms with Crippen LogP contribution in [0.15, 0.2) is 22.7 Å². The first-order valence-corrected chi connectivity index (χ1v) is 4.96. The van der Waals surface area contributed by atoms with Crippen molar-refractivity contribution in [2.75, 3.05) is 0 Å². The second kappa shape index (κ2) is 2.72. The Balaban J connectivity index is 2.44. The van der Waals surface area contributed by atoms with Crippen molar-refractivity contribution >= 4 is 27.5 Å². The fraction of sp³-hybridized carbons (Fsp3) is 0.333. The lowest BCUT2D eigenvalue weighted by atomic mass is 10.1. The van der Waals surface area contributed by atoms with Gasteiger partial charge in [0.05, 0.1) is 5.60 Å². The molecule has 0 saturated heterocycles. The number of hydrogen-bond acceptors (Lipinski definition) is 1. The van der Waals surface area contributed by atoms with Gasteiger partial charge in [0.15, 0.2) is 0 Å². The summed E-state index contributed by atoms with van der Waals surface area (Å²) in [5.74, 6) is 0. The van der Waals surface area contributed by atoms with Crippen LogP contribution in [0.3, 0.4) is 0 Å². The Labute approximate surface area is 84.5 Å². The third kappa shape index (κ3) is 1.51. The maximum atomic E-state index is 9.77. The second-order valence-corrected chi connectivity index (χ2v) is 4.54. The van der Waals surface area contributed by atoms with Crippen LogP contribution < -0.4 is 0 Å². The van der Waals surface area contributed by atoms with E-state index in [0.717, 1.165) is 22.9 Å². The Morgan fingerprint density at radius 1 is 1.33 bits per heavy atom. The maximum absolute atomic E-state index is 9.77. The molecule has 3 heteroatoms. The Morgan fingerprint density at radius 3 is 2.50 bits per heavy atom. The normalized spacial score (nSPS) is 19.2. The van der Waals surface area contributed by atoms with Gasteiger partial charge >= 0.3 is 0 Å². The molecule has 2 rings (SSSR count). The van der Waals surface area contributed by atoms with E-state index in [9.17, 15) is 5.11 Å². The summed E-state index contributed by atoms with van der Waals surface area (Å²) >= 11 is 9.18. The molecule has 0 radical (unpaired) electrons. The molecule has 1 aliphatic rings. The van der Waals surface area contributed by atoms with E-state index in [0.29, 0.717) is 5.02 Å². The van der Waals surface area contributed by atoms with Crippen LogP contribution in [0.1, 0.15) is 18.4 Å². The van der Waals surface area contributed by atoms with Crippen molar-refractivity contribution in [3.63, 3.8) is 0 Å². The minimum absolute atomic E-state index is 0.590. The predicted molar refractivity (Wildman–Crippen MR) is 52.3 cm³/mol. The fourth-order valence-electron chi connectivity index (χ4n) is 1.23. The van der Waals surface area contributed by atoms with Gasteiger partial charge in [-0.25, -0.2) is 0 Å². The van der Waals surface area contributed by atoms with Crippen LogP contribution >= 0.6 is 27.5 Å². The summed E-state index contributed by atoms with van der Waals surface area (Å²) in [4.78, 5) is 0. The lowest BCUT2D eigenvalue weighted by Gasteiger charge is -2.08. The van der Waals surface area contributed by atoms with Gasteiger partial charge in [-0.15, -0.1) is 0 Å². The van der Waals surface area contributed by atoms with Crippen molar-refractivity contribution in [2.24, 2.45) is 0 Å². The molecule has 1 aliphatic carbocycles. The smallest absolute Gasteiger partial charge is 0.0899 e. The van der Waals surface area contributed by atoms with Gasteiger partial charge in [0.2, 0.25) is 0 Å². The molecule has 64 valence electrons. The van der Waals surface area contributed by atoms with Gasteiger partial charge in [-0.3, -0.25) is 0 Å². The molecule has 0 spiro atoms. The number of rotatable bonds is 1. The van der Waals surface area contributed by atoms with Crippen molar-refractivity contribution in [3.05, 3.63) is 33.3 Å². The van der Waals surface area contributed by atoms with E-state index in [4.69, 9.17) is 11.6 Å². The summed E-state index contributed by atoms with van der Waals surface area (Å²) in [7, 11) is 0. The molecule has 0 atom stereocenters. The third-order valence-electron chi connectivity index (χ3n) is 2.12. The highest BCUT2D eigenvalue weighted by molar-refractivity contribution is 9.10. The van der Waals surface area contributed by atoms with Gasteiger partial charge in [0, 0.05) is 9.50 Å². The molecule has 1 aromatic rings. The molecule has 0 unspecified atom stereocenters. The molecule has 0 heterocycles. The zero-order valence-electron chi connectivity index (χ0n) is 6.35. The zero-order chi connectivity index (χ0) is 8.77. The summed E-state index contributed by atoms with van der Waals surface area (Å²) in [6, 6.07) is 5.55. The lowest BCUT2D eigenvalue weighted by Crippen LogP contribution is -2.03. The average molecular weight is 248 g/mol. The molecule has 12 heavy (non-hydrogen) atoms. The first-order valence-electron chi connectivity index (χ1n) is 3.79. The highest BCUT2D eigenvalue weighted by Gasteiger charge is 2.42. The standard InChI is InChI=1S/C9H8BrClO/c10-7-3-6(4-8(11)5-7)9(12)1-2-9/h3-5,12H,1-2H2. The molecule has 0 amide bonds. The van der Waals surface area contributed by atoms with Crippen LogP contribution in [0.2, 0.25) is 5.02 Å². The fourth-order valence-corrected chi connectivity index (χ4v) is 2.09. The minimum Gasteiger partial charge on any atom is -0.385 e. The Morgan fingerprint density at radius 2 is 2.00 bits per heavy atom. The largest absolute Gasteiger partial charge is 0.385 e. The van der Waals surface area contributed by atoms with Gasteiger partial charge in [-0.2, -0.15) is 0 Å². The molecular formula is C9H8BrClO. The van der Waals surface area contributed by atoms with Crippen molar-refractivity contribution in [1.82, 2.24) is 0 Å². The summed E-state index contributed by atoms with van der Waals surface area (Å²) in [6.45, 7) is 0. The summed E-state index contributed by atoms with van der Waals surface area (Å²) in [5.41, 5.74) is 0.329. The van der Waals surface area contributed by atoms with Crippen molar-refractivity contribution in [1.29, 1.82) is 0 Å². The average Bonchev–Trinajstić information content (AvgIpc) is 2.67. The molecular weight excluding hydrogens is 239 g/mol. The third-order valence-corrected chi connectivity index (χ3v) is 2.80. The van der Waals surface area contributed by atoms with Crippen LogP contribution in [0, 0.1) is 0 Å². The SMILES string of the molecule is OC1(c2cc(Cl)cc(Br)c2)CC1. The molecule has 0 aromatic heterocycles. The van der Waals surface area contributed by atoms with E-state index in [-0.39, 0.29) is 0 Å². The molecule has 1 nitrogen and oxygen atoms in total. The minimum atomic E-state index is -0.590. The molecule has 1 aromatic carbocycles. The quantitative estimate of drug-likeness (QED) is 0.808. The van der Waals surface area contributed by atoms with Gasteiger partial charge in [-0.05, 0) is 36.6 Å². The van der Waals surface area contributed by atoms with Gasteiger partial charge in [-0.1, -0.05) is 27.5 Å². The number of hydrogen-bond donors (Lipinski definition) is 1. The highest BCUT2D eigenvalue weighted by Crippen LogP contribution is 2.46. The summed E-state index contributed by atoms with van der Waals surface area (Å²) in [6.07, 6.45) is 1.69. The molecule has 1 fully saturated rings. The summed E-state index contributed by atoms with van der Waals surface area (Å²) < 4.78 is 0.922. The van der Waals surface area contributed by atoms with Gasteiger partial charge in [0.1, 0.15) is 0 Å². The predicted octanol–water partition coefficient (Wildman–Crippen LogP) is 3.08. The highest BCUT2D eigenvalue weighted by atomic mass is 79.9. The topological polar surface area (TPSA) is 20.2 Å². The van der Waals surface area contributed by atoms with Crippen molar-refractivity contribution in [3.8, 4) is 0 Å². The molecule has 1 saturated carbocycles. The van der Waals surface area contributed by atoms with E-state index in [1.165, 1.54) is 0 Å². The van der Waals surface area contributed by atoms with Crippen LogP contribution in [0.5, 0.6) is 0 Å². The van der Waals surface area contributed by atoms with Crippen LogP contribution in [0.25, 0.3) is 0 Å². The number of aliphatic hydroxyl groups is 1. The molecule has 0 aliphatic heterocycles. The van der Waals surface area contributed by atoms with E-state index >= 15 is 0 Å². The molecule has 1 N–H and O–H groups in total. The first-order chi connectivity index (χ1) is 5.60. The molecule has 0 bridgehead atoms. The van der Waals surface area contributed by atoms with E-state index < -0.39 is 5.60 Å². The first kappa shape index (κ1) is 8.54. The zero-order valence-corrected chi connectivity index (χ0v) is 8.69. The maximum Gasteiger partial charge on any atom is 0.0899 e. The van der Waals surface area contributed by atoms with E-state index in [1.54, 1.807) is 0 Å². The number of halogens is 2. The monoisotopic (exact) mass is 246 g/mol. The number of benzene rings is 1. The Kier molecular flexibility index (Phi) is 1.94. The van der Waals surface area contributed by atoms with Crippen molar-refractivity contribution < 1.29 is 5.11 Å². The van der Waals surface area contributed by atoms with E-state index in [2.05, 4.69) is 15.9 Å². The second-order valence-electron chi connectivity index (χ2n) is 3.19. The summed E-state index contributed by atoms with van der Waals surface area (Å²) in [5, 5.41) is 10.4. The Hall–Kier alpha value is -0.0500. The lowest BCUT2D eigenvalue weighted by molar-refractivity contribution is 0.151. The van der Waals surface area contributed by atoms with Crippen LogP contribution in [0.4, 0.5) is 0 Å². The van der Waals surface area contributed by atoms with Crippen LogP contribution in [-0.2, 0) is 5.60 Å². The van der Waals surface area contributed by atoms with Gasteiger partial charge < -0.3 is 5.11 Å².